The minimum absolute atomic E-state index is 0.00495. The normalized spacial score (nSPS) is 46.2. The lowest BCUT2D eigenvalue weighted by atomic mass is 9.78. The Kier molecular flexibility index (Phi) is 22.1. The molecule has 7 heterocycles. The molecule has 0 aromatic carbocycles. The average Bonchev–Trinajstić information content (AvgIpc) is 3.57. The smallest absolute Gasteiger partial charge is 0.308 e. The monoisotopic (exact) mass is 1150 g/mol. The van der Waals surface area contributed by atoms with Crippen LogP contribution in [0.25, 0.3) is 0 Å². The average molecular weight is 1150 g/mol. The zero-order chi connectivity index (χ0) is 59.4. The molecule has 20 heteroatoms. The molecule has 7 aliphatic heterocycles. The molecule has 24 atom stereocenters. The van der Waals surface area contributed by atoms with Gasteiger partial charge < -0.3 is 83.5 Å². The van der Waals surface area contributed by atoms with E-state index in [2.05, 4.69) is 19.7 Å². The molecule has 20 nitrogen and oxygen atoms in total. The number of carbonyl (C=O) groups excluding carboxylic acids is 3. The van der Waals surface area contributed by atoms with Crippen molar-refractivity contribution in [2.45, 2.75) is 271 Å². The van der Waals surface area contributed by atoms with Gasteiger partial charge in [-0.2, -0.15) is 0 Å². The Hall–Kier alpha value is -3.29. The molecule has 7 rings (SSSR count). The molecule has 2 spiro atoms. The second kappa shape index (κ2) is 27.4. The predicted octanol–water partition coefficient (Wildman–Crippen LogP) is 4.77. The van der Waals surface area contributed by atoms with Crippen molar-refractivity contribution < 1.29 is 97.9 Å². The quantitative estimate of drug-likeness (QED) is 0.0922. The number of allylic oxidation sites excluding steroid dienone is 3. The van der Waals surface area contributed by atoms with E-state index in [1.165, 1.54) is 19.1 Å². The summed E-state index contributed by atoms with van der Waals surface area (Å²) in [5, 5.41) is 93.8. The van der Waals surface area contributed by atoms with E-state index in [-0.39, 0.29) is 69.7 Å². The number of methoxy groups -OCH3 is 1. The van der Waals surface area contributed by atoms with Gasteiger partial charge in [-0.1, -0.05) is 89.0 Å². The summed E-state index contributed by atoms with van der Waals surface area (Å²) >= 11 is 0. The molecule has 0 saturated carbocycles. The molecular formula is C61H94O20. The Labute approximate surface area is 477 Å². The highest BCUT2D eigenvalue weighted by Gasteiger charge is 2.58. The fourth-order valence-electron chi connectivity index (χ4n) is 13.7. The van der Waals surface area contributed by atoms with E-state index in [0.29, 0.717) is 49.7 Å². The summed E-state index contributed by atoms with van der Waals surface area (Å²) in [6, 6.07) is 0. The third-order valence-corrected chi connectivity index (χ3v) is 18.0. The fourth-order valence-corrected chi connectivity index (χ4v) is 13.7. The van der Waals surface area contributed by atoms with Crippen LogP contribution in [0.15, 0.2) is 61.3 Å². The van der Waals surface area contributed by atoms with Crippen LogP contribution >= 0.6 is 0 Å². The first-order valence-corrected chi connectivity index (χ1v) is 29.4. The summed E-state index contributed by atoms with van der Waals surface area (Å²) in [5.41, 5.74) is -0.417. The fraction of sp³-hybridized carbons (Fsp3) is 0.787. The molecule has 6 saturated heterocycles. The summed E-state index contributed by atoms with van der Waals surface area (Å²) in [7, 11) is 1.58. The Morgan fingerprint density at radius 3 is 2.21 bits per heavy atom. The number of esters is 2. The van der Waals surface area contributed by atoms with Crippen LogP contribution in [0, 0.1) is 23.7 Å². The van der Waals surface area contributed by atoms with Gasteiger partial charge in [0.2, 0.25) is 0 Å². The van der Waals surface area contributed by atoms with Crippen LogP contribution in [0.4, 0.5) is 0 Å². The maximum atomic E-state index is 14.4. The number of hydrogen-bond donors (Lipinski definition) is 8. The summed E-state index contributed by atoms with van der Waals surface area (Å²) in [6.07, 6.45) is -6.07. The summed E-state index contributed by atoms with van der Waals surface area (Å²) < 4.78 is 57.2. The van der Waals surface area contributed by atoms with Gasteiger partial charge in [-0.25, -0.2) is 0 Å². The molecule has 10 bridgehead atoms. The maximum absolute atomic E-state index is 14.4. The maximum Gasteiger partial charge on any atom is 0.308 e. The van der Waals surface area contributed by atoms with Gasteiger partial charge in [0.05, 0.1) is 85.3 Å². The van der Waals surface area contributed by atoms with Gasteiger partial charge in [0.15, 0.2) is 17.4 Å². The number of ether oxygens (including phenoxy) is 9. The van der Waals surface area contributed by atoms with Crippen LogP contribution in [0.2, 0.25) is 0 Å². The molecule has 8 N–H and O–H groups in total. The molecule has 0 aromatic heterocycles. The molecule has 6 fully saturated rings. The first kappa shape index (κ1) is 65.3. The lowest BCUT2D eigenvalue weighted by molar-refractivity contribution is -0.351. The Morgan fingerprint density at radius 1 is 0.827 bits per heavy atom. The first-order valence-electron chi connectivity index (χ1n) is 29.4. The predicted molar refractivity (Wildman–Crippen MR) is 293 cm³/mol. The molecule has 7 aliphatic rings. The van der Waals surface area contributed by atoms with Gasteiger partial charge >= 0.3 is 11.9 Å². The van der Waals surface area contributed by atoms with Crippen molar-refractivity contribution in [2.24, 2.45) is 23.7 Å². The molecular weight excluding hydrogens is 1050 g/mol. The molecule has 0 aliphatic carbocycles. The highest BCUT2D eigenvalue weighted by atomic mass is 16.7. The highest BCUT2D eigenvalue weighted by Crippen LogP contribution is 2.48. The van der Waals surface area contributed by atoms with E-state index in [0.717, 1.165) is 0 Å². The highest BCUT2D eigenvalue weighted by molar-refractivity contribution is 5.81. The number of aliphatic hydroxyl groups excluding tert-OH is 6. The molecule has 4 unspecified atom stereocenters. The number of Topliss-reactive ketones (excluding diaryl/α,β-unsaturated/α-hetero) is 1. The van der Waals surface area contributed by atoms with E-state index in [9.17, 15) is 55.2 Å². The van der Waals surface area contributed by atoms with Crippen molar-refractivity contribution in [3.63, 3.8) is 0 Å². The van der Waals surface area contributed by atoms with E-state index in [1.807, 2.05) is 12.2 Å². The number of hydrogen-bond acceptors (Lipinski definition) is 20. The number of ketones is 1. The number of fused-ring (bicyclic) bond motifs is 8. The number of carbonyl (C=O) groups is 3. The largest absolute Gasteiger partial charge is 0.462 e. The zero-order valence-electron chi connectivity index (χ0n) is 48.6. The van der Waals surface area contributed by atoms with E-state index < -0.39 is 163 Å². The van der Waals surface area contributed by atoms with Gasteiger partial charge in [-0.3, -0.25) is 14.4 Å². The van der Waals surface area contributed by atoms with Crippen LogP contribution in [0.1, 0.15) is 151 Å². The third-order valence-electron chi connectivity index (χ3n) is 18.0. The van der Waals surface area contributed by atoms with Crippen LogP contribution in [-0.2, 0) is 57.0 Å². The summed E-state index contributed by atoms with van der Waals surface area (Å²) in [4.78, 5) is 41.0. The van der Waals surface area contributed by atoms with E-state index in [1.54, 1.807) is 47.8 Å². The summed E-state index contributed by atoms with van der Waals surface area (Å²) in [6.45, 7) is 21.8. The van der Waals surface area contributed by atoms with Gasteiger partial charge in [0, 0.05) is 102 Å². The van der Waals surface area contributed by atoms with Crippen LogP contribution in [-0.4, -0.2) is 186 Å². The number of aliphatic hydroxyl groups is 8. The Bertz CT molecular complexity index is 2250. The SMILES string of the molecule is C=C/C=C/C(O)CC(=C)C[C@H]1O[C@@H]2[C@H](C)[C@@H](OC(=O)C[C@H]3C[C@H](OC(C)=O)C[C@@]4(C[C@@](C)(O)C[C@H](CC(=C)C(C)C(O)C(C)C(=O)C[C@H]5C[C@@H](OC)C[C@@]6(C[C@H](O)C[C@@H](/C=C\CCC[C@@H]7O[C@@](O)(C[C@@H](O)[C@@H]7C)[C@H]2O)O6)O5)O4)O3)[C@@H]1O. The number of rotatable bonds is 8. The second-order valence-electron chi connectivity index (χ2n) is 25.2. The summed E-state index contributed by atoms with van der Waals surface area (Å²) in [5.74, 6) is -9.90. The molecule has 458 valence electrons. The van der Waals surface area contributed by atoms with Crippen LogP contribution in [0.3, 0.4) is 0 Å². The first-order chi connectivity index (χ1) is 38.0. The minimum atomic E-state index is -2.38. The third kappa shape index (κ3) is 16.6. The van der Waals surface area contributed by atoms with Crippen molar-refractivity contribution >= 4 is 17.7 Å². The van der Waals surface area contributed by atoms with E-state index >= 15 is 0 Å². The molecule has 0 amide bonds. The lowest BCUT2D eigenvalue weighted by Gasteiger charge is -2.52. The van der Waals surface area contributed by atoms with E-state index in [4.69, 9.17) is 42.6 Å². The van der Waals surface area contributed by atoms with Crippen molar-refractivity contribution in [1.29, 1.82) is 0 Å². The van der Waals surface area contributed by atoms with Crippen LogP contribution in [0.5, 0.6) is 0 Å². The Morgan fingerprint density at radius 2 is 1.51 bits per heavy atom. The second-order valence-corrected chi connectivity index (χ2v) is 25.2. The van der Waals surface area contributed by atoms with Gasteiger partial charge in [-0.05, 0) is 45.4 Å². The molecule has 0 radical (unpaired) electrons. The van der Waals surface area contributed by atoms with Crippen molar-refractivity contribution in [3.8, 4) is 0 Å². The Balaban J connectivity index is 1.20. The van der Waals surface area contributed by atoms with Crippen LogP contribution < -0.4 is 0 Å². The van der Waals surface area contributed by atoms with Crippen molar-refractivity contribution in [3.05, 3.63) is 61.3 Å². The lowest BCUT2D eigenvalue weighted by Crippen LogP contribution is -2.65. The minimum Gasteiger partial charge on any atom is -0.462 e. The standard InChI is InChI=1S/C61H94O20/c1-11-12-16-40(63)19-33(2)20-51-54(69)55-38(7)56(75-51)57(70)61(72)31-49(66)36(5)50(81-61)18-15-13-14-17-42-22-41(64)27-59(77-42)29-45(73-10)23-43(78-59)25-48(65)37(6)53(68)35(4)34(3)21-47-28-58(9,71)32-60(80-47)30-46(74-39(8)62)24-44(79-60)26-52(67)76-55/h11-12,14,16-17,35-38,40-47,49-51,53-57,63-64,66,68-72H,1-3,13,15,18-32H2,4-10H3/b16-12+,17-14-/t35?,36-,37?,38+,40?,41+,42+,43+,44+,45+,46-,47-,49+,50-,51+,53?,54+,55+,56+,57-,58-,59+,60+,61-/m0/s1. The van der Waals surface area contributed by atoms with Crippen molar-refractivity contribution in [1.82, 2.24) is 0 Å². The van der Waals surface area contributed by atoms with Gasteiger partial charge in [0.25, 0.3) is 0 Å². The zero-order valence-corrected chi connectivity index (χ0v) is 48.6. The molecule has 81 heavy (non-hydrogen) atoms. The van der Waals surface area contributed by atoms with Gasteiger partial charge in [0.1, 0.15) is 30.2 Å². The van der Waals surface area contributed by atoms with Crippen molar-refractivity contribution in [2.75, 3.05) is 7.11 Å². The molecule has 0 aromatic rings. The van der Waals surface area contributed by atoms with Gasteiger partial charge in [-0.15, -0.1) is 0 Å². The topological polar surface area (TPSA) is 296 Å².